The second-order valence-electron chi connectivity index (χ2n) is 5.42. The maximum absolute atomic E-state index is 9.04. The lowest BCUT2D eigenvalue weighted by Crippen LogP contribution is -2.46. The van der Waals surface area contributed by atoms with E-state index >= 15 is 0 Å². The van der Waals surface area contributed by atoms with Crippen LogP contribution in [0.25, 0.3) is 0 Å². The summed E-state index contributed by atoms with van der Waals surface area (Å²) in [7, 11) is 0. The summed E-state index contributed by atoms with van der Waals surface area (Å²) in [6.07, 6.45) is 7.04. The topological polar surface area (TPSA) is 54.4 Å². The van der Waals surface area contributed by atoms with Gasteiger partial charge in [0.1, 0.15) is 12.4 Å². The van der Waals surface area contributed by atoms with Crippen LogP contribution in [0.15, 0.2) is 18.5 Å². The van der Waals surface area contributed by atoms with E-state index in [0.717, 1.165) is 31.7 Å². The number of ether oxygens (including phenoxy) is 1. The zero-order chi connectivity index (χ0) is 12.4. The molecule has 1 aromatic rings. The van der Waals surface area contributed by atoms with Crippen LogP contribution in [0.2, 0.25) is 0 Å². The van der Waals surface area contributed by atoms with Gasteiger partial charge in [-0.2, -0.15) is 0 Å². The summed E-state index contributed by atoms with van der Waals surface area (Å²) in [5.41, 5.74) is 1.22. The van der Waals surface area contributed by atoms with Crippen molar-refractivity contribution in [3.8, 4) is 5.75 Å². The fourth-order valence-corrected chi connectivity index (χ4v) is 2.43. The van der Waals surface area contributed by atoms with Crippen LogP contribution in [-0.2, 0) is 6.42 Å². The van der Waals surface area contributed by atoms with Gasteiger partial charge in [-0.15, -0.1) is 0 Å². The van der Waals surface area contributed by atoms with Gasteiger partial charge >= 0.3 is 0 Å². The van der Waals surface area contributed by atoms with Crippen LogP contribution < -0.4 is 10.1 Å². The minimum Gasteiger partial charge on any atom is -0.490 e. The Morgan fingerprint density at radius 2 is 2.28 bits per heavy atom. The number of hydrogen-bond acceptors (Lipinski definition) is 4. The Morgan fingerprint density at radius 1 is 1.39 bits per heavy atom. The summed E-state index contributed by atoms with van der Waals surface area (Å²) >= 11 is 0. The highest BCUT2D eigenvalue weighted by Crippen LogP contribution is 2.40. The highest BCUT2D eigenvalue weighted by Gasteiger charge is 2.36. The van der Waals surface area contributed by atoms with Crippen LogP contribution in [0.3, 0.4) is 0 Å². The molecule has 2 fully saturated rings. The zero-order valence-corrected chi connectivity index (χ0v) is 10.5. The molecule has 3 atom stereocenters. The summed E-state index contributed by atoms with van der Waals surface area (Å²) in [6, 6.07) is 2.59. The molecule has 0 amide bonds. The van der Waals surface area contributed by atoms with Gasteiger partial charge in [0.15, 0.2) is 0 Å². The van der Waals surface area contributed by atoms with Crippen LogP contribution in [0.4, 0.5) is 0 Å². The van der Waals surface area contributed by atoms with E-state index in [9.17, 15) is 0 Å². The molecule has 1 aliphatic carbocycles. The summed E-state index contributed by atoms with van der Waals surface area (Å²) < 4.78 is 5.73. The number of rotatable bonds is 6. The molecule has 98 valence electrons. The van der Waals surface area contributed by atoms with Crippen LogP contribution in [0.1, 0.15) is 18.4 Å². The van der Waals surface area contributed by atoms with Crippen LogP contribution in [0.5, 0.6) is 5.75 Å². The molecule has 2 aliphatic rings. The molecule has 2 heterocycles. The predicted octanol–water partition coefficient (Wildman–Crippen LogP) is 0.993. The number of nitrogens with one attached hydrogen (secondary N) is 1. The van der Waals surface area contributed by atoms with Crippen LogP contribution >= 0.6 is 0 Å². The lowest BCUT2D eigenvalue weighted by Gasteiger charge is -2.27. The predicted molar refractivity (Wildman–Crippen MR) is 68.5 cm³/mol. The minimum absolute atomic E-state index is 0.321. The average Bonchev–Trinajstić information content (AvgIpc) is 3.06. The standard InChI is InChI=1S/C14H20N2O2/c17-8-12-5-11(12)3-10-4-14(7-15-6-10)18-9-13-1-2-16-13/h4,6-7,11-13,16-17H,1-3,5,8-9H2/t11?,12-,13-/m0/s1. The van der Waals surface area contributed by atoms with E-state index in [2.05, 4.69) is 16.4 Å². The number of aromatic nitrogens is 1. The quantitative estimate of drug-likeness (QED) is 0.788. The van der Waals surface area contributed by atoms with Crippen LogP contribution in [0, 0.1) is 11.8 Å². The van der Waals surface area contributed by atoms with Crippen molar-refractivity contribution in [2.75, 3.05) is 19.8 Å². The van der Waals surface area contributed by atoms with E-state index in [-0.39, 0.29) is 0 Å². The molecular formula is C14H20N2O2. The van der Waals surface area contributed by atoms with Crippen molar-refractivity contribution in [3.05, 3.63) is 24.0 Å². The van der Waals surface area contributed by atoms with E-state index in [0.29, 0.717) is 24.5 Å². The van der Waals surface area contributed by atoms with Gasteiger partial charge < -0.3 is 15.2 Å². The highest BCUT2D eigenvalue weighted by molar-refractivity contribution is 5.24. The third-order valence-corrected chi connectivity index (χ3v) is 3.95. The molecule has 0 bridgehead atoms. The smallest absolute Gasteiger partial charge is 0.137 e. The molecule has 18 heavy (non-hydrogen) atoms. The van der Waals surface area contributed by atoms with Crippen molar-refractivity contribution in [2.45, 2.75) is 25.3 Å². The monoisotopic (exact) mass is 248 g/mol. The Kier molecular flexibility index (Phi) is 3.48. The fourth-order valence-electron chi connectivity index (χ4n) is 2.43. The average molecular weight is 248 g/mol. The molecule has 4 nitrogen and oxygen atoms in total. The van der Waals surface area contributed by atoms with E-state index in [1.165, 1.54) is 12.0 Å². The lowest BCUT2D eigenvalue weighted by molar-refractivity contribution is 0.216. The van der Waals surface area contributed by atoms with Gasteiger partial charge in [0.05, 0.1) is 6.20 Å². The third kappa shape index (κ3) is 2.82. The Bertz CT molecular complexity index is 407. The van der Waals surface area contributed by atoms with E-state index in [1.54, 1.807) is 6.20 Å². The molecule has 1 aromatic heterocycles. The number of aliphatic hydroxyl groups excluding tert-OH is 1. The minimum atomic E-state index is 0.321. The van der Waals surface area contributed by atoms with Crippen molar-refractivity contribution < 1.29 is 9.84 Å². The normalized spacial score (nSPS) is 29.7. The Morgan fingerprint density at radius 3 is 2.94 bits per heavy atom. The molecular weight excluding hydrogens is 228 g/mol. The molecule has 1 saturated heterocycles. The van der Waals surface area contributed by atoms with Crippen molar-refractivity contribution in [3.63, 3.8) is 0 Å². The van der Waals surface area contributed by atoms with E-state index in [4.69, 9.17) is 9.84 Å². The fraction of sp³-hybridized carbons (Fsp3) is 0.643. The first-order valence-electron chi connectivity index (χ1n) is 6.76. The molecule has 4 heteroatoms. The molecule has 0 spiro atoms. The van der Waals surface area contributed by atoms with Gasteiger partial charge in [-0.25, -0.2) is 0 Å². The molecule has 1 saturated carbocycles. The van der Waals surface area contributed by atoms with E-state index in [1.807, 2.05) is 6.20 Å². The zero-order valence-electron chi connectivity index (χ0n) is 10.5. The molecule has 3 rings (SSSR count). The summed E-state index contributed by atoms with van der Waals surface area (Å²) in [5.74, 6) is 2.01. The number of hydrogen-bond donors (Lipinski definition) is 2. The summed E-state index contributed by atoms with van der Waals surface area (Å²) in [4.78, 5) is 4.23. The number of pyridine rings is 1. The highest BCUT2D eigenvalue weighted by atomic mass is 16.5. The summed E-state index contributed by atoms with van der Waals surface area (Å²) in [5, 5.41) is 12.4. The maximum atomic E-state index is 9.04. The Labute approximate surface area is 107 Å². The summed E-state index contributed by atoms with van der Waals surface area (Å²) in [6.45, 7) is 2.16. The molecule has 0 radical (unpaired) electrons. The molecule has 2 N–H and O–H groups in total. The maximum Gasteiger partial charge on any atom is 0.137 e. The number of nitrogens with zero attached hydrogens (tertiary/aromatic N) is 1. The van der Waals surface area contributed by atoms with Gasteiger partial charge in [0.25, 0.3) is 0 Å². The first-order valence-corrected chi connectivity index (χ1v) is 6.76. The Balaban J connectivity index is 1.51. The van der Waals surface area contributed by atoms with Gasteiger partial charge in [0.2, 0.25) is 0 Å². The van der Waals surface area contributed by atoms with Crippen molar-refractivity contribution in [1.29, 1.82) is 0 Å². The second kappa shape index (κ2) is 5.24. The Hall–Kier alpha value is -1.13. The van der Waals surface area contributed by atoms with Gasteiger partial charge in [0, 0.05) is 18.8 Å². The molecule has 0 aromatic carbocycles. The first kappa shape index (κ1) is 11.9. The van der Waals surface area contributed by atoms with Crippen molar-refractivity contribution in [1.82, 2.24) is 10.3 Å². The molecule has 1 aliphatic heterocycles. The third-order valence-electron chi connectivity index (χ3n) is 3.95. The van der Waals surface area contributed by atoms with Gasteiger partial charge in [-0.3, -0.25) is 4.98 Å². The SMILES string of the molecule is OC[C@@H]1CC1Cc1cncc(OC[C@@H]2CCN2)c1. The largest absolute Gasteiger partial charge is 0.490 e. The van der Waals surface area contributed by atoms with Gasteiger partial charge in [-0.05, 0) is 49.3 Å². The van der Waals surface area contributed by atoms with Crippen LogP contribution in [-0.4, -0.2) is 35.9 Å². The molecule has 1 unspecified atom stereocenters. The lowest BCUT2D eigenvalue weighted by atomic mass is 10.1. The number of aliphatic hydroxyl groups is 1. The van der Waals surface area contributed by atoms with Crippen molar-refractivity contribution in [2.24, 2.45) is 11.8 Å². The first-order chi connectivity index (χ1) is 8.85. The van der Waals surface area contributed by atoms with E-state index < -0.39 is 0 Å². The van der Waals surface area contributed by atoms with Crippen molar-refractivity contribution >= 4 is 0 Å². The van der Waals surface area contributed by atoms with Gasteiger partial charge in [-0.1, -0.05) is 0 Å². The second-order valence-corrected chi connectivity index (χ2v) is 5.42.